The zero-order chi connectivity index (χ0) is 28.4. The largest absolute Gasteiger partial charge is 0.493 e. The van der Waals surface area contributed by atoms with Gasteiger partial charge in [0, 0.05) is 41.2 Å². The van der Waals surface area contributed by atoms with E-state index < -0.39 is 23.3 Å². The van der Waals surface area contributed by atoms with Crippen LogP contribution in [0.1, 0.15) is 61.8 Å². The third-order valence-corrected chi connectivity index (χ3v) is 7.13. The molecule has 0 unspecified atom stereocenters. The van der Waals surface area contributed by atoms with Gasteiger partial charge in [-0.25, -0.2) is 8.78 Å². The highest BCUT2D eigenvalue weighted by Gasteiger charge is 2.32. The van der Waals surface area contributed by atoms with Gasteiger partial charge in [0.15, 0.2) is 11.6 Å². The molecule has 0 amide bonds. The van der Waals surface area contributed by atoms with E-state index in [9.17, 15) is 14.3 Å². The molecule has 1 aliphatic heterocycles. The van der Waals surface area contributed by atoms with Crippen LogP contribution in [0.15, 0.2) is 48.5 Å². The van der Waals surface area contributed by atoms with Crippen LogP contribution < -0.4 is 18.9 Å². The van der Waals surface area contributed by atoms with Crippen molar-refractivity contribution in [3.8, 4) is 28.7 Å². The highest BCUT2D eigenvalue weighted by atomic mass is 19.1. The minimum absolute atomic E-state index is 0.0452. The monoisotopic (exact) mass is 554 g/mol. The highest BCUT2D eigenvalue weighted by molar-refractivity contribution is 5.71. The quantitative estimate of drug-likeness (QED) is 0.290. The molecule has 3 aromatic rings. The number of fused-ring (bicyclic) bond motifs is 2. The summed E-state index contributed by atoms with van der Waals surface area (Å²) >= 11 is 0. The van der Waals surface area contributed by atoms with Crippen LogP contribution in [-0.2, 0) is 16.0 Å². The summed E-state index contributed by atoms with van der Waals surface area (Å²) in [5.41, 5.74) is 1.01. The van der Waals surface area contributed by atoms with Crippen molar-refractivity contribution in [2.45, 2.75) is 57.2 Å². The van der Waals surface area contributed by atoms with Gasteiger partial charge in [-0.1, -0.05) is 6.07 Å². The SMILES string of the molecule is COC(=O)C[C@@H]1COc2cc(O[C@@H]3CCc4c(Oc5cc(OCCC(C)(C)O)ccc5F)ccc(F)c43)ccc21. The molecule has 0 saturated carbocycles. The lowest BCUT2D eigenvalue weighted by Gasteiger charge is -2.18. The summed E-state index contributed by atoms with van der Waals surface area (Å²) in [5, 5.41) is 9.88. The predicted molar refractivity (Wildman–Crippen MR) is 142 cm³/mol. The Labute approximate surface area is 231 Å². The maximum Gasteiger partial charge on any atom is 0.306 e. The lowest BCUT2D eigenvalue weighted by Crippen LogP contribution is -2.21. The van der Waals surface area contributed by atoms with Gasteiger partial charge in [0.1, 0.15) is 34.9 Å². The molecule has 2 atom stereocenters. The number of aliphatic hydroxyl groups is 1. The first-order chi connectivity index (χ1) is 19.1. The molecule has 9 heteroatoms. The normalized spacial score (nSPS) is 17.6. The molecule has 3 aromatic carbocycles. The first-order valence-corrected chi connectivity index (χ1v) is 13.3. The van der Waals surface area contributed by atoms with E-state index in [0.29, 0.717) is 60.0 Å². The van der Waals surface area contributed by atoms with E-state index in [4.69, 9.17) is 23.7 Å². The fourth-order valence-electron chi connectivity index (χ4n) is 4.99. The Morgan fingerprint density at radius 1 is 1.05 bits per heavy atom. The number of rotatable bonds is 10. The van der Waals surface area contributed by atoms with Gasteiger partial charge in [-0.2, -0.15) is 0 Å². The van der Waals surface area contributed by atoms with Crippen LogP contribution in [0.25, 0.3) is 0 Å². The topological polar surface area (TPSA) is 83.5 Å². The summed E-state index contributed by atoms with van der Waals surface area (Å²) in [4.78, 5) is 11.7. The molecule has 1 aliphatic carbocycles. The zero-order valence-corrected chi connectivity index (χ0v) is 22.7. The van der Waals surface area contributed by atoms with Gasteiger partial charge in [-0.15, -0.1) is 0 Å². The van der Waals surface area contributed by atoms with Crippen LogP contribution in [-0.4, -0.2) is 37.0 Å². The molecule has 1 heterocycles. The van der Waals surface area contributed by atoms with Crippen molar-refractivity contribution in [2.75, 3.05) is 20.3 Å². The third kappa shape index (κ3) is 6.14. The van der Waals surface area contributed by atoms with E-state index in [1.54, 1.807) is 26.0 Å². The van der Waals surface area contributed by atoms with E-state index in [0.717, 1.165) is 5.56 Å². The minimum atomic E-state index is -0.883. The maximum absolute atomic E-state index is 15.0. The second kappa shape index (κ2) is 11.3. The zero-order valence-electron chi connectivity index (χ0n) is 22.7. The number of ether oxygens (including phenoxy) is 5. The Bertz CT molecular complexity index is 1400. The van der Waals surface area contributed by atoms with E-state index in [1.807, 2.05) is 6.07 Å². The van der Waals surface area contributed by atoms with Crippen LogP contribution in [0.5, 0.6) is 28.7 Å². The number of methoxy groups -OCH3 is 1. The van der Waals surface area contributed by atoms with Gasteiger partial charge in [0.2, 0.25) is 0 Å². The molecule has 0 spiro atoms. The maximum atomic E-state index is 15.0. The van der Waals surface area contributed by atoms with Crippen molar-refractivity contribution in [2.24, 2.45) is 0 Å². The fraction of sp³-hybridized carbons (Fsp3) is 0.387. The lowest BCUT2D eigenvalue weighted by molar-refractivity contribution is -0.141. The van der Waals surface area contributed by atoms with Crippen molar-refractivity contribution < 1.29 is 42.4 Å². The van der Waals surface area contributed by atoms with Gasteiger partial charge in [0.05, 0.1) is 32.3 Å². The standard InChI is InChI=1S/C31H32F2O7/c1-31(2,35)12-13-37-19-5-8-23(32)28(15-19)40-25-11-9-24(33)30-22(25)7-10-26(30)39-20-4-6-21-18(14-29(34)36-3)17-38-27(21)16-20/h4-6,8-9,11,15-16,18,26,35H,7,10,12-14,17H2,1-3H3/t18-,26-/m1/s1. The predicted octanol–water partition coefficient (Wildman–Crippen LogP) is 6.40. The molecule has 0 fully saturated rings. The first-order valence-electron chi connectivity index (χ1n) is 13.3. The van der Waals surface area contributed by atoms with Crippen molar-refractivity contribution in [3.05, 3.63) is 76.9 Å². The third-order valence-electron chi connectivity index (χ3n) is 7.13. The molecule has 212 valence electrons. The Morgan fingerprint density at radius 3 is 2.60 bits per heavy atom. The number of carbonyl (C=O) groups is 1. The van der Waals surface area contributed by atoms with Crippen LogP contribution in [0.4, 0.5) is 8.78 Å². The van der Waals surface area contributed by atoms with Gasteiger partial charge >= 0.3 is 5.97 Å². The molecule has 5 rings (SSSR count). The number of carbonyl (C=O) groups excluding carboxylic acids is 1. The number of hydrogen-bond donors (Lipinski definition) is 1. The van der Waals surface area contributed by atoms with Crippen molar-refractivity contribution >= 4 is 5.97 Å². The average molecular weight is 555 g/mol. The van der Waals surface area contributed by atoms with Gasteiger partial charge < -0.3 is 28.8 Å². The van der Waals surface area contributed by atoms with E-state index in [1.165, 1.54) is 37.4 Å². The molecule has 0 saturated heterocycles. The summed E-state index contributed by atoms with van der Waals surface area (Å²) in [5.74, 6) is 0.439. The number of benzene rings is 3. The van der Waals surface area contributed by atoms with Crippen LogP contribution >= 0.6 is 0 Å². The molecular weight excluding hydrogens is 522 g/mol. The van der Waals surface area contributed by atoms with E-state index >= 15 is 4.39 Å². The van der Waals surface area contributed by atoms with Gasteiger partial charge in [-0.05, 0) is 57.0 Å². The summed E-state index contributed by atoms with van der Waals surface area (Å²) < 4.78 is 58.0. The van der Waals surface area contributed by atoms with Gasteiger partial charge in [-0.3, -0.25) is 4.79 Å². The minimum Gasteiger partial charge on any atom is -0.493 e. The second-order valence-corrected chi connectivity index (χ2v) is 10.7. The molecule has 0 aromatic heterocycles. The number of hydrogen-bond acceptors (Lipinski definition) is 7. The molecule has 7 nitrogen and oxygen atoms in total. The molecule has 0 radical (unpaired) electrons. The Kier molecular flexibility index (Phi) is 7.85. The first kappa shape index (κ1) is 27.7. The van der Waals surface area contributed by atoms with Crippen molar-refractivity contribution in [1.29, 1.82) is 0 Å². The Hall–Kier alpha value is -3.85. The van der Waals surface area contributed by atoms with Crippen LogP contribution in [0.2, 0.25) is 0 Å². The molecule has 40 heavy (non-hydrogen) atoms. The fourth-order valence-corrected chi connectivity index (χ4v) is 4.99. The van der Waals surface area contributed by atoms with Crippen molar-refractivity contribution in [1.82, 2.24) is 0 Å². The van der Waals surface area contributed by atoms with Gasteiger partial charge in [0.25, 0.3) is 0 Å². The van der Waals surface area contributed by atoms with Crippen molar-refractivity contribution in [3.63, 3.8) is 0 Å². The Balaban J connectivity index is 1.31. The van der Waals surface area contributed by atoms with Crippen LogP contribution in [0.3, 0.4) is 0 Å². The summed E-state index contributed by atoms with van der Waals surface area (Å²) in [6.45, 7) is 3.99. The lowest BCUT2D eigenvalue weighted by atomic mass is 9.98. The molecule has 2 aliphatic rings. The van der Waals surface area contributed by atoms with E-state index in [-0.39, 0.29) is 30.7 Å². The summed E-state index contributed by atoms with van der Waals surface area (Å²) in [7, 11) is 1.36. The number of esters is 1. The van der Waals surface area contributed by atoms with Crippen LogP contribution in [0, 0.1) is 11.6 Å². The van der Waals surface area contributed by atoms with E-state index in [2.05, 4.69) is 0 Å². The number of halogens is 2. The molecular formula is C31H32F2O7. The second-order valence-electron chi connectivity index (χ2n) is 10.7. The summed E-state index contributed by atoms with van der Waals surface area (Å²) in [6.07, 6.45) is 1.06. The highest BCUT2D eigenvalue weighted by Crippen LogP contribution is 2.45. The molecule has 1 N–H and O–H groups in total. The molecule has 0 bridgehead atoms. The average Bonchev–Trinajstić information content (AvgIpc) is 3.51. The smallest absolute Gasteiger partial charge is 0.306 e. The Morgan fingerprint density at radius 2 is 1.82 bits per heavy atom. The summed E-state index contributed by atoms with van der Waals surface area (Å²) in [6, 6.07) is 12.4.